The second-order valence-electron chi connectivity index (χ2n) is 4.58. The van der Waals surface area contributed by atoms with Crippen LogP contribution in [0.25, 0.3) is 0 Å². The van der Waals surface area contributed by atoms with Crippen LogP contribution in [0.4, 0.5) is 17.8 Å². The van der Waals surface area contributed by atoms with E-state index in [-0.39, 0.29) is 5.91 Å². The van der Waals surface area contributed by atoms with Crippen molar-refractivity contribution in [2.24, 2.45) is 0 Å². The first kappa shape index (κ1) is 15.9. The average molecular weight is 281 g/mol. The molecule has 1 unspecified atom stereocenters. The number of aromatic nitrogens is 3. The average Bonchev–Trinajstić information content (AvgIpc) is 2.43. The fourth-order valence-corrected chi connectivity index (χ4v) is 1.42. The highest BCUT2D eigenvalue weighted by atomic mass is 16.2. The molecule has 0 aliphatic carbocycles. The Morgan fingerprint density at radius 2 is 1.90 bits per heavy atom. The van der Waals surface area contributed by atoms with Crippen molar-refractivity contribution in [2.45, 2.75) is 26.3 Å². The number of carbonyl (C=O) groups excluding carboxylic acids is 1. The van der Waals surface area contributed by atoms with E-state index < -0.39 is 6.04 Å². The van der Waals surface area contributed by atoms with Gasteiger partial charge < -0.3 is 20.9 Å². The van der Waals surface area contributed by atoms with E-state index in [2.05, 4.69) is 37.8 Å². The van der Waals surface area contributed by atoms with Crippen molar-refractivity contribution in [3.8, 4) is 0 Å². The Morgan fingerprint density at radius 3 is 2.45 bits per heavy atom. The normalized spacial score (nSPS) is 11.7. The summed E-state index contributed by atoms with van der Waals surface area (Å²) in [5.74, 6) is 1.28. The fourth-order valence-electron chi connectivity index (χ4n) is 1.42. The second kappa shape index (κ2) is 7.46. The zero-order chi connectivity index (χ0) is 15.1. The number of hydrogen-bond donors (Lipinski definition) is 3. The molecule has 0 saturated heterocycles. The van der Waals surface area contributed by atoms with Gasteiger partial charge in [0.25, 0.3) is 0 Å². The third-order valence-electron chi connectivity index (χ3n) is 2.54. The first-order valence-corrected chi connectivity index (χ1v) is 6.63. The zero-order valence-electron chi connectivity index (χ0n) is 12.7. The number of anilines is 3. The smallest absolute Gasteiger partial charge is 0.242 e. The van der Waals surface area contributed by atoms with Gasteiger partial charge in [0.15, 0.2) is 0 Å². The van der Waals surface area contributed by atoms with Crippen molar-refractivity contribution >= 4 is 23.8 Å². The summed E-state index contributed by atoms with van der Waals surface area (Å²) < 4.78 is 0. The van der Waals surface area contributed by atoms with Crippen molar-refractivity contribution in [3.05, 3.63) is 0 Å². The maximum atomic E-state index is 11.5. The lowest BCUT2D eigenvalue weighted by Crippen LogP contribution is -2.36. The summed E-state index contributed by atoms with van der Waals surface area (Å²) in [4.78, 5) is 26.1. The number of amides is 1. The molecule has 0 aliphatic heterocycles. The summed E-state index contributed by atoms with van der Waals surface area (Å²) >= 11 is 0. The molecule has 1 amide bonds. The molecule has 1 aromatic heterocycles. The Kier molecular flexibility index (Phi) is 5.95. The van der Waals surface area contributed by atoms with Crippen LogP contribution >= 0.6 is 0 Å². The molecule has 1 heterocycles. The summed E-state index contributed by atoms with van der Waals surface area (Å²) in [6, 6.07) is -0.420. The predicted molar refractivity (Wildman–Crippen MR) is 80.1 cm³/mol. The van der Waals surface area contributed by atoms with Gasteiger partial charge in [-0.05, 0) is 13.3 Å². The van der Waals surface area contributed by atoms with Gasteiger partial charge in [-0.2, -0.15) is 15.0 Å². The lowest BCUT2D eigenvalue weighted by atomic mass is 10.3. The van der Waals surface area contributed by atoms with Crippen molar-refractivity contribution in [3.63, 3.8) is 0 Å². The number of hydrogen-bond acceptors (Lipinski definition) is 7. The highest BCUT2D eigenvalue weighted by Gasteiger charge is 2.14. The molecule has 20 heavy (non-hydrogen) atoms. The number of likely N-dealkylation sites (N-methyl/N-ethyl adjacent to an activating group) is 1. The number of rotatable bonds is 7. The number of nitrogens with one attached hydrogen (secondary N) is 3. The highest BCUT2D eigenvalue weighted by Crippen LogP contribution is 2.12. The van der Waals surface area contributed by atoms with Crippen LogP contribution in [0.1, 0.15) is 20.3 Å². The SMILES string of the molecule is CCCNc1nc(NC(C)C(=O)NC)nc(N(C)C)n1. The summed E-state index contributed by atoms with van der Waals surface area (Å²) in [6.45, 7) is 4.59. The molecule has 1 atom stereocenters. The van der Waals surface area contributed by atoms with Gasteiger partial charge >= 0.3 is 0 Å². The van der Waals surface area contributed by atoms with Crippen LogP contribution in [-0.4, -0.2) is 54.6 Å². The van der Waals surface area contributed by atoms with Gasteiger partial charge in [-0.3, -0.25) is 4.79 Å². The third kappa shape index (κ3) is 4.52. The van der Waals surface area contributed by atoms with Crippen molar-refractivity contribution in [1.29, 1.82) is 0 Å². The number of carbonyl (C=O) groups is 1. The molecule has 112 valence electrons. The second-order valence-corrected chi connectivity index (χ2v) is 4.58. The summed E-state index contributed by atoms with van der Waals surface area (Å²) in [7, 11) is 5.29. The molecule has 0 bridgehead atoms. The molecule has 0 fully saturated rings. The Morgan fingerprint density at radius 1 is 1.25 bits per heavy atom. The molecule has 1 aromatic rings. The van der Waals surface area contributed by atoms with Crippen LogP contribution in [0.5, 0.6) is 0 Å². The quantitative estimate of drug-likeness (QED) is 0.662. The van der Waals surface area contributed by atoms with E-state index in [1.807, 2.05) is 14.1 Å². The van der Waals surface area contributed by atoms with Crippen molar-refractivity contribution in [1.82, 2.24) is 20.3 Å². The Labute approximate surface area is 119 Å². The highest BCUT2D eigenvalue weighted by molar-refractivity contribution is 5.83. The van der Waals surface area contributed by atoms with Crippen LogP contribution < -0.4 is 20.9 Å². The standard InChI is InChI=1S/C12H23N7O/c1-6-7-14-10-16-11(15-8(2)9(20)13-3)18-12(17-10)19(4)5/h8H,6-7H2,1-5H3,(H,13,20)(H2,14,15,16,17,18). The first-order valence-electron chi connectivity index (χ1n) is 6.63. The molecule has 1 rings (SSSR count). The zero-order valence-corrected chi connectivity index (χ0v) is 12.7. The first-order chi connectivity index (χ1) is 9.47. The fraction of sp³-hybridized carbons (Fsp3) is 0.667. The van der Waals surface area contributed by atoms with Gasteiger partial charge in [-0.15, -0.1) is 0 Å². The van der Waals surface area contributed by atoms with Crippen LogP contribution in [0.2, 0.25) is 0 Å². The molecule has 8 heteroatoms. The van der Waals surface area contributed by atoms with Gasteiger partial charge in [-0.1, -0.05) is 6.92 Å². The van der Waals surface area contributed by atoms with E-state index in [1.165, 1.54) is 0 Å². The summed E-state index contributed by atoms with van der Waals surface area (Å²) in [6.07, 6.45) is 0.973. The van der Waals surface area contributed by atoms with Gasteiger partial charge in [0.2, 0.25) is 23.8 Å². The van der Waals surface area contributed by atoms with E-state index >= 15 is 0 Å². The lowest BCUT2D eigenvalue weighted by Gasteiger charge is -2.16. The van der Waals surface area contributed by atoms with E-state index in [4.69, 9.17) is 0 Å². The minimum absolute atomic E-state index is 0.125. The topological polar surface area (TPSA) is 95.1 Å². The Bertz CT molecular complexity index is 449. The molecule has 8 nitrogen and oxygen atoms in total. The van der Waals surface area contributed by atoms with E-state index in [1.54, 1.807) is 18.9 Å². The monoisotopic (exact) mass is 281 g/mol. The maximum Gasteiger partial charge on any atom is 0.242 e. The summed E-state index contributed by atoms with van der Waals surface area (Å²) in [5, 5.41) is 8.65. The molecular formula is C12H23N7O. The van der Waals surface area contributed by atoms with Gasteiger partial charge in [0, 0.05) is 27.7 Å². The minimum Gasteiger partial charge on any atom is -0.357 e. The molecule has 0 saturated carbocycles. The van der Waals surface area contributed by atoms with Crippen LogP contribution in [0, 0.1) is 0 Å². The van der Waals surface area contributed by atoms with E-state index in [9.17, 15) is 4.79 Å². The minimum atomic E-state index is -0.420. The van der Waals surface area contributed by atoms with E-state index in [0.29, 0.717) is 17.8 Å². The third-order valence-corrected chi connectivity index (χ3v) is 2.54. The largest absolute Gasteiger partial charge is 0.357 e. The van der Waals surface area contributed by atoms with Crippen LogP contribution in [0.3, 0.4) is 0 Å². The maximum absolute atomic E-state index is 11.5. The summed E-state index contributed by atoms with van der Waals surface area (Å²) in [5.41, 5.74) is 0. The van der Waals surface area contributed by atoms with Crippen LogP contribution in [0.15, 0.2) is 0 Å². The van der Waals surface area contributed by atoms with Gasteiger partial charge in [0.1, 0.15) is 6.04 Å². The van der Waals surface area contributed by atoms with Gasteiger partial charge in [0.05, 0.1) is 0 Å². The predicted octanol–water partition coefficient (Wildman–Crippen LogP) is 0.306. The molecule has 0 spiro atoms. The van der Waals surface area contributed by atoms with Gasteiger partial charge in [-0.25, -0.2) is 0 Å². The lowest BCUT2D eigenvalue weighted by molar-refractivity contribution is -0.121. The van der Waals surface area contributed by atoms with Crippen LogP contribution in [-0.2, 0) is 4.79 Å². The molecule has 0 aliphatic rings. The molecule has 0 aromatic carbocycles. The Balaban J connectivity index is 2.93. The molecule has 0 radical (unpaired) electrons. The van der Waals surface area contributed by atoms with Crippen molar-refractivity contribution in [2.75, 3.05) is 43.2 Å². The molecule has 3 N–H and O–H groups in total. The van der Waals surface area contributed by atoms with Crippen molar-refractivity contribution < 1.29 is 4.79 Å². The van der Waals surface area contributed by atoms with E-state index in [0.717, 1.165) is 13.0 Å². The Hall–Kier alpha value is -2.12. The molecular weight excluding hydrogens is 258 g/mol. The number of nitrogens with zero attached hydrogens (tertiary/aromatic N) is 4.